The number of nitrogens with two attached hydrogens (primary N) is 2. The van der Waals surface area contributed by atoms with Crippen LogP contribution >= 0.6 is 11.3 Å². The van der Waals surface area contributed by atoms with E-state index in [2.05, 4.69) is 22.3 Å². The number of aryl methyl sites for hydroxylation is 1. The van der Waals surface area contributed by atoms with E-state index in [1.54, 1.807) is 34.7 Å². The number of primary amides is 1. The van der Waals surface area contributed by atoms with Gasteiger partial charge in [-0.2, -0.15) is 0 Å². The van der Waals surface area contributed by atoms with E-state index in [1.165, 1.54) is 0 Å². The molecular formula is C22H25N5O4S. The first-order valence-electron chi connectivity index (χ1n) is 10.3. The van der Waals surface area contributed by atoms with Gasteiger partial charge in [-0.05, 0) is 47.5 Å². The second kappa shape index (κ2) is 9.19. The Bertz CT molecular complexity index is 1160. The standard InChI is InChI=1S/C17H15N3O2S.C5H10N2O2/c1-8-6-23-16-13(8)15(19-7-20-16)12-5-10-4-9(17(21)22)2-3-11(10)14(12)18;6-5(8)7-1-3-9-4-2-7/h2-4,6-7,12,14H,5,18H2,1H3,(H,21,22);1-4H2,(H2,6,8). The molecule has 1 fully saturated rings. The Balaban J connectivity index is 0.000000230. The number of urea groups is 1. The number of aromatic carboxylic acids is 1. The normalized spacial score (nSPS) is 19.9. The Labute approximate surface area is 189 Å². The highest BCUT2D eigenvalue weighted by molar-refractivity contribution is 7.16. The maximum absolute atomic E-state index is 11.2. The SMILES string of the molecule is Cc1csc2ncnc(C3Cc4cc(C(=O)O)ccc4C3N)c12.NC(=O)N1CCOCC1. The van der Waals surface area contributed by atoms with Crippen LogP contribution in [0.15, 0.2) is 29.9 Å². The van der Waals surface area contributed by atoms with Gasteiger partial charge >= 0.3 is 12.0 Å². The molecule has 168 valence electrons. The van der Waals surface area contributed by atoms with E-state index in [1.807, 2.05) is 6.07 Å². The molecule has 0 saturated carbocycles. The summed E-state index contributed by atoms with van der Waals surface area (Å²) in [5.74, 6) is -0.865. The van der Waals surface area contributed by atoms with Crippen LogP contribution in [0.1, 0.15) is 44.7 Å². The third-order valence-electron chi connectivity index (χ3n) is 5.88. The minimum absolute atomic E-state index is 0.0489. The van der Waals surface area contributed by atoms with Gasteiger partial charge in [0.2, 0.25) is 0 Å². The number of nitrogens with zero attached hydrogens (tertiary/aromatic N) is 3. The molecular weight excluding hydrogens is 430 g/mol. The number of carbonyl (C=O) groups is 2. The average molecular weight is 456 g/mol. The molecule has 2 aromatic heterocycles. The summed E-state index contributed by atoms with van der Waals surface area (Å²) in [6.45, 7) is 4.55. The maximum atomic E-state index is 11.2. The van der Waals surface area contributed by atoms with Crippen LogP contribution in [0.2, 0.25) is 0 Å². The van der Waals surface area contributed by atoms with Crippen molar-refractivity contribution in [3.05, 3.63) is 57.9 Å². The molecule has 5 N–H and O–H groups in total. The number of carboxylic acid groups (broad SMARTS) is 1. The molecule has 0 radical (unpaired) electrons. The molecule has 1 aliphatic heterocycles. The van der Waals surface area contributed by atoms with Gasteiger partial charge in [0, 0.05) is 30.4 Å². The third kappa shape index (κ3) is 4.29. The number of carboxylic acids is 1. The number of rotatable bonds is 2. The lowest BCUT2D eigenvalue weighted by Crippen LogP contribution is -2.43. The van der Waals surface area contributed by atoms with E-state index in [-0.39, 0.29) is 18.0 Å². The van der Waals surface area contributed by atoms with Crippen LogP contribution in [0.5, 0.6) is 0 Å². The number of aromatic nitrogens is 2. The summed E-state index contributed by atoms with van der Waals surface area (Å²) >= 11 is 1.61. The van der Waals surface area contributed by atoms with Crippen molar-refractivity contribution in [2.45, 2.75) is 25.3 Å². The summed E-state index contributed by atoms with van der Waals surface area (Å²) in [7, 11) is 0. The fourth-order valence-corrected chi connectivity index (χ4v) is 5.10. The Hall–Kier alpha value is -3.08. The molecule has 1 saturated heterocycles. The van der Waals surface area contributed by atoms with Gasteiger partial charge in [-0.3, -0.25) is 0 Å². The number of hydrogen-bond donors (Lipinski definition) is 3. The fraction of sp³-hybridized carbons (Fsp3) is 0.364. The zero-order chi connectivity index (χ0) is 22.8. The van der Waals surface area contributed by atoms with Crippen molar-refractivity contribution in [2.75, 3.05) is 26.3 Å². The predicted octanol–water partition coefficient (Wildman–Crippen LogP) is 2.43. The van der Waals surface area contributed by atoms with Gasteiger partial charge in [-0.1, -0.05) is 6.07 Å². The highest BCUT2D eigenvalue weighted by Gasteiger charge is 2.34. The van der Waals surface area contributed by atoms with Crippen LogP contribution < -0.4 is 11.5 Å². The fourth-order valence-electron chi connectivity index (χ4n) is 4.20. The molecule has 5 rings (SSSR count). The Morgan fingerprint density at radius 3 is 2.66 bits per heavy atom. The Kier molecular flexibility index (Phi) is 6.35. The van der Waals surface area contributed by atoms with Gasteiger partial charge in [0.25, 0.3) is 0 Å². The highest BCUT2D eigenvalue weighted by Crippen LogP contribution is 2.43. The number of benzene rings is 1. The lowest BCUT2D eigenvalue weighted by atomic mass is 9.94. The summed E-state index contributed by atoms with van der Waals surface area (Å²) in [6, 6.07) is 4.66. The first-order chi connectivity index (χ1) is 15.4. The molecule has 1 aliphatic carbocycles. The van der Waals surface area contributed by atoms with Gasteiger partial charge in [0.05, 0.1) is 24.5 Å². The van der Waals surface area contributed by atoms with Crippen LogP contribution in [-0.4, -0.2) is 58.3 Å². The van der Waals surface area contributed by atoms with E-state index >= 15 is 0 Å². The number of morpholine rings is 1. The van der Waals surface area contributed by atoms with Gasteiger partial charge < -0.3 is 26.2 Å². The number of amides is 2. The van der Waals surface area contributed by atoms with Crippen molar-refractivity contribution in [3.8, 4) is 0 Å². The first-order valence-corrected chi connectivity index (χ1v) is 11.2. The summed E-state index contributed by atoms with van der Waals surface area (Å²) < 4.78 is 5.00. The van der Waals surface area contributed by atoms with E-state index in [0.717, 1.165) is 32.6 Å². The van der Waals surface area contributed by atoms with Crippen LogP contribution in [0.25, 0.3) is 10.2 Å². The molecule has 2 aliphatic rings. The number of thiophene rings is 1. The molecule has 2 atom stereocenters. The average Bonchev–Trinajstić information content (AvgIpc) is 3.34. The lowest BCUT2D eigenvalue weighted by Gasteiger charge is -2.24. The second-order valence-electron chi connectivity index (χ2n) is 7.85. The van der Waals surface area contributed by atoms with Crippen LogP contribution in [0.3, 0.4) is 0 Å². The van der Waals surface area contributed by atoms with Crippen LogP contribution in [0.4, 0.5) is 4.79 Å². The number of ether oxygens (including phenoxy) is 1. The van der Waals surface area contributed by atoms with Crippen molar-refractivity contribution in [2.24, 2.45) is 11.5 Å². The van der Waals surface area contributed by atoms with Gasteiger partial charge in [-0.15, -0.1) is 11.3 Å². The number of carbonyl (C=O) groups excluding carboxylic acids is 1. The molecule has 1 aromatic carbocycles. The predicted molar refractivity (Wildman–Crippen MR) is 121 cm³/mol. The maximum Gasteiger partial charge on any atom is 0.335 e. The minimum atomic E-state index is -0.914. The van der Waals surface area contributed by atoms with E-state index in [9.17, 15) is 9.59 Å². The quantitative estimate of drug-likeness (QED) is 0.538. The summed E-state index contributed by atoms with van der Waals surface area (Å²) in [6.07, 6.45) is 2.30. The third-order valence-corrected chi connectivity index (χ3v) is 6.88. The Morgan fingerprint density at radius 1 is 1.25 bits per heavy atom. The zero-order valence-electron chi connectivity index (χ0n) is 17.7. The number of fused-ring (bicyclic) bond motifs is 2. The zero-order valence-corrected chi connectivity index (χ0v) is 18.5. The van der Waals surface area contributed by atoms with Crippen molar-refractivity contribution >= 4 is 33.6 Å². The molecule has 2 unspecified atom stereocenters. The topological polar surface area (TPSA) is 145 Å². The molecule has 0 bridgehead atoms. The summed E-state index contributed by atoms with van der Waals surface area (Å²) in [5, 5.41) is 12.3. The minimum Gasteiger partial charge on any atom is -0.478 e. The largest absolute Gasteiger partial charge is 0.478 e. The van der Waals surface area contributed by atoms with Crippen LogP contribution in [-0.2, 0) is 11.2 Å². The van der Waals surface area contributed by atoms with Crippen molar-refractivity contribution in [1.29, 1.82) is 0 Å². The van der Waals surface area contributed by atoms with Crippen LogP contribution in [0, 0.1) is 6.92 Å². The molecule has 0 spiro atoms. The highest BCUT2D eigenvalue weighted by atomic mass is 32.1. The molecule has 3 heterocycles. The van der Waals surface area contributed by atoms with E-state index in [0.29, 0.717) is 38.3 Å². The first kappa shape index (κ1) is 22.1. The molecule has 3 aromatic rings. The molecule has 9 nitrogen and oxygen atoms in total. The van der Waals surface area contributed by atoms with Gasteiger partial charge in [0.1, 0.15) is 11.2 Å². The molecule has 10 heteroatoms. The summed E-state index contributed by atoms with van der Waals surface area (Å²) in [4.78, 5) is 33.0. The molecule has 2 amide bonds. The summed E-state index contributed by atoms with van der Waals surface area (Å²) in [5.41, 5.74) is 15.9. The molecule has 32 heavy (non-hydrogen) atoms. The van der Waals surface area contributed by atoms with E-state index < -0.39 is 5.97 Å². The monoisotopic (exact) mass is 455 g/mol. The van der Waals surface area contributed by atoms with Gasteiger partial charge in [0.15, 0.2) is 0 Å². The lowest BCUT2D eigenvalue weighted by molar-refractivity contribution is 0.0554. The number of hydrogen-bond acceptors (Lipinski definition) is 7. The Morgan fingerprint density at radius 2 is 2.00 bits per heavy atom. The van der Waals surface area contributed by atoms with Crippen molar-refractivity contribution in [1.82, 2.24) is 14.9 Å². The smallest absolute Gasteiger partial charge is 0.335 e. The van der Waals surface area contributed by atoms with Crippen molar-refractivity contribution < 1.29 is 19.4 Å². The van der Waals surface area contributed by atoms with E-state index in [4.69, 9.17) is 21.3 Å². The van der Waals surface area contributed by atoms with Gasteiger partial charge in [-0.25, -0.2) is 19.6 Å². The second-order valence-corrected chi connectivity index (χ2v) is 8.71. The van der Waals surface area contributed by atoms with Crippen molar-refractivity contribution in [3.63, 3.8) is 0 Å².